The molecule has 0 atom stereocenters. The quantitative estimate of drug-likeness (QED) is 0.644. The molecule has 2 rings (SSSR count). The average Bonchev–Trinajstić information content (AvgIpc) is 2.68. The van der Waals surface area contributed by atoms with E-state index in [9.17, 15) is 9.18 Å². The maximum absolute atomic E-state index is 13.4. The van der Waals surface area contributed by atoms with E-state index < -0.39 is 11.8 Å². The van der Waals surface area contributed by atoms with Crippen molar-refractivity contribution in [3.8, 4) is 0 Å². The van der Waals surface area contributed by atoms with Gasteiger partial charge in [0.2, 0.25) is 0 Å². The van der Waals surface area contributed by atoms with Crippen LogP contribution in [-0.4, -0.2) is 28.5 Å². The van der Waals surface area contributed by atoms with Gasteiger partial charge in [-0.25, -0.2) is 9.37 Å². The molecule has 0 fully saturated rings. The maximum atomic E-state index is 13.4. The molecule has 0 saturated heterocycles. The van der Waals surface area contributed by atoms with Crippen LogP contribution in [0.3, 0.4) is 0 Å². The zero-order valence-electron chi connectivity index (χ0n) is 10.1. The molecule has 1 aromatic carbocycles. The predicted octanol–water partition coefficient (Wildman–Crippen LogP) is 2.78. The highest BCUT2D eigenvalue weighted by Crippen LogP contribution is 2.24. The van der Waals surface area contributed by atoms with Crippen LogP contribution in [0.1, 0.15) is 5.82 Å². The minimum atomic E-state index is -0.547. The Hall–Kier alpha value is -1.33. The van der Waals surface area contributed by atoms with E-state index in [1.54, 1.807) is 4.57 Å². The van der Waals surface area contributed by atoms with Gasteiger partial charge in [0, 0.05) is 18.4 Å². The van der Waals surface area contributed by atoms with Crippen molar-refractivity contribution >= 4 is 40.2 Å². The van der Waals surface area contributed by atoms with Gasteiger partial charge in [0.05, 0.1) is 23.2 Å². The Morgan fingerprint density at radius 1 is 1.53 bits per heavy atom. The molecule has 102 valence electrons. The summed E-state index contributed by atoms with van der Waals surface area (Å²) in [5.74, 6) is -0.0253. The second-order valence-electron chi connectivity index (χ2n) is 3.88. The fourth-order valence-corrected chi connectivity index (χ4v) is 2.14. The minimum absolute atomic E-state index is 0.0127. The Kier molecular flexibility index (Phi) is 4.27. The van der Waals surface area contributed by atoms with E-state index in [0.29, 0.717) is 29.2 Å². The Balaban J connectivity index is 2.58. The number of hydrogen-bond donors (Lipinski definition) is 0. The third-order valence-electron chi connectivity index (χ3n) is 2.70. The van der Waals surface area contributed by atoms with Crippen molar-refractivity contribution in [2.24, 2.45) is 0 Å². The van der Waals surface area contributed by atoms with Gasteiger partial charge in [-0.2, -0.15) is 0 Å². The van der Waals surface area contributed by atoms with Crippen LogP contribution in [0.5, 0.6) is 0 Å². The van der Waals surface area contributed by atoms with Crippen LogP contribution in [-0.2, 0) is 22.5 Å². The van der Waals surface area contributed by atoms with Crippen LogP contribution in [0, 0.1) is 5.82 Å². The molecule has 2 aromatic rings. The van der Waals surface area contributed by atoms with E-state index in [0.717, 1.165) is 0 Å². The smallest absolute Gasteiger partial charge is 0.325 e. The molecule has 19 heavy (non-hydrogen) atoms. The molecular formula is C12H11Cl2FN2O2. The number of fused-ring (bicyclic) bond motifs is 1. The summed E-state index contributed by atoms with van der Waals surface area (Å²) in [6.07, 6.45) is 0.465. The number of imidazole rings is 1. The van der Waals surface area contributed by atoms with Gasteiger partial charge in [-0.1, -0.05) is 11.6 Å². The number of aromatic nitrogens is 2. The molecule has 4 nitrogen and oxygen atoms in total. The van der Waals surface area contributed by atoms with Crippen molar-refractivity contribution in [3.63, 3.8) is 0 Å². The first-order valence-electron chi connectivity index (χ1n) is 5.53. The number of benzene rings is 1. The minimum Gasteiger partial charge on any atom is -0.468 e. The molecule has 1 aromatic heterocycles. The topological polar surface area (TPSA) is 44.1 Å². The normalized spacial score (nSPS) is 10.9. The Morgan fingerprint density at radius 2 is 2.26 bits per heavy atom. The van der Waals surface area contributed by atoms with Gasteiger partial charge in [-0.3, -0.25) is 4.79 Å². The molecule has 0 aliphatic rings. The molecule has 0 spiro atoms. The summed E-state index contributed by atoms with van der Waals surface area (Å²) in [6, 6.07) is 2.68. The number of ether oxygens (including phenoxy) is 1. The lowest BCUT2D eigenvalue weighted by atomic mass is 10.3. The number of rotatable bonds is 4. The van der Waals surface area contributed by atoms with Gasteiger partial charge >= 0.3 is 5.97 Å². The summed E-state index contributed by atoms with van der Waals surface area (Å²) in [7, 11) is 1.30. The molecule has 0 amide bonds. The second kappa shape index (κ2) is 5.75. The van der Waals surface area contributed by atoms with E-state index >= 15 is 0 Å². The number of nitrogens with zero attached hydrogens (tertiary/aromatic N) is 2. The lowest BCUT2D eigenvalue weighted by molar-refractivity contribution is -0.141. The first-order valence-corrected chi connectivity index (χ1v) is 6.45. The summed E-state index contributed by atoms with van der Waals surface area (Å²) in [4.78, 5) is 15.7. The zero-order chi connectivity index (χ0) is 14.0. The van der Waals surface area contributed by atoms with Gasteiger partial charge in [0.15, 0.2) is 0 Å². The van der Waals surface area contributed by atoms with Gasteiger partial charge < -0.3 is 9.30 Å². The molecular weight excluding hydrogens is 294 g/mol. The number of carbonyl (C=O) groups is 1. The molecule has 0 saturated carbocycles. The monoisotopic (exact) mass is 304 g/mol. The highest BCUT2D eigenvalue weighted by atomic mass is 35.5. The largest absolute Gasteiger partial charge is 0.468 e. The molecule has 1 heterocycles. The summed E-state index contributed by atoms with van der Waals surface area (Å²) in [5.41, 5.74) is 1.02. The molecule has 0 N–H and O–H groups in total. The number of alkyl halides is 1. The Bertz CT molecular complexity index is 628. The van der Waals surface area contributed by atoms with Crippen LogP contribution in [0.4, 0.5) is 4.39 Å². The highest BCUT2D eigenvalue weighted by molar-refractivity contribution is 6.31. The fraction of sp³-hybridized carbons (Fsp3) is 0.333. The van der Waals surface area contributed by atoms with Crippen molar-refractivity contribution in [3.05, 3.63) is 28.8 Å². The van der Waals surface area contributed by atoms with E-state index in [1.807, 2.05) is 0 Å². The standard InChI is InChI=1S/C12H11Cl2FN2O2/c1-19-12(18)6-17-10-4-7(14)8(15)5-9(10)16-11(17)2-3-13/h4-5H,2-3,6H2,1H3. The van der Waals surface area contributed by atoms with E-state index in [1.165, 1.54) is 19.2 Å². The second-order valence-corrected chi connectivity index (χ2v) is 4.67. The first kappa shape index (κ1) is 14.1. The summed E-state index contributed by atoms with van der Waals surface area (Å²) in [5, 5.41) is -0.0176. The van der Waals surface area contributed by atoms with Gasteiger partial charge in [-0.15, -0.1) is 11.6 Å². The van der Waals surface area contributed by atoms with Crippen molar-refractivity contribution < 1.29 is 13.9 Å². The molecule has 0 aliphatic heterocycles. The van der Waals surface area contributed by atoms with Gasteiger partial charge in [-0.05, 0) is 6.07 Å². The van der Waals surface area contributed by atoms with Crippen molar-refractivity contribution in [2.75, 3.05) is 13.0 Å². The van der Waals surface area contributed by atoms with Crippen molar-refractivity contribution in [1.82, 2.24) is 9.55 Å². The molecule has 0 aliphatic carbocycles. The average molecular weight is 305 g/mol. The summed E-state index contributed by atoms with van der Waals surface area (Å²) in [6.45, 7) is -0.0127. The predicted molar refractivity (Wildman–Crippen MR) is 71.1 cm³/mol. The Morgan fingerprint density at radius 3 is 2.89 bits per heavy atom. The number of esters is 1. The number of halogens is 3. The first-order chi connectivity index (χ1) is 9.06. The van der Waals surface area contributed by atoms with Crippen LogP contribution >= 0.6 is 23.2 Å². The Labute approximate surface area is 119 Å². The van der Waals surface area contributed by atoms with E-state index in [4.69, 9.17) is 23.2 Å². The number of methoxy groups -OCH3 is 1. The molecule has 0 radical (unpaired) electrons. The lowest BCUT2D eigenvalue weighted by Crippen LogP contribution is -2.14. The number of hydrogen-bond acceptors (Lipinski definition) is 3. The molecule has 0 unspecified atom stereocenters. The van der Waals surface area contributed by atoms with Crippen LogP contribution < -0.4 is 0 Å². The molecule has 7 heteroatoms. The summed E-state index contributed by atoms with van der Waals surface area (Å²) < 4.78 is 19.7. The summed E-state index contributed by atoms with van der Waals surface area (Å²) >= 11 is 11.5. The van der Waals surface area contributed by atoms with Crippen molar-refractivity contribution in [1.29, 1.82) is 0 Å². The SMILES string of the molecule is COC(=O)Cn1c(CCCl)nc2cc(F)c(Cl)cc21. The maximum Gasteiger partial charge on any atom is 0.325 e. The highest BCUT2D eigenvalue weighted by Gasteiger charge is 2.15. The van der Waals surface area contributed by atoms with Gasteiger partial charge in [0.1, 0.15) is 18.2 Å². The van der Waals surface area contributed by atoms with Crippen LogP contribution in [0.15, 0.2) is 12.1 Å². The number of carbonyl (C=O) groups excluding carboxylic acids is 1. The third kappa shape index (κ3) is 2.82. The lowest BCUT2D eigenvalue weighted by Gasteiger charge is -2.07. The number of aryl methyl sites for hydroxylation is 1. The fourth-order valence-electron chi connectivity index (χ4n) is 1.82. The van der Waals surface area contributed by atoms with Crippen molar-refractivity contribution in [2.45, 2.75) is 13.0 Å². The van der Waals surface area contributed by atoms with Crippen LogP contribution in [0.2, 0.25) is 5.02 Å². The van der Waals surface area contributed by atoms with Crippen LogP contribution in [0.25, 0.3) is 11.0 Å². The third-order valence-corrected chi connectivity index (χ3v) is 3.18. The zero-order valence-corrected chi connectivity index (χ0v) is 11.6. The van der Waals surface area contributed by atoms with Gasteiger partial charge in [0.25, 0.3) is 0 Å². The van der Waals surface area contributed by atoms with E-state index in [-0.39, 0.29) is 11.6 Å². The van der Waals surface area contributed by atoms with E-state index in [2.05, 4.69) is 9.72 Å². The molecule has 0 bridgehead atoms.